The number of furan rings is 1. The summed E-state index contributed by atoms with van der Waals surface area (Å²) in [6.07, 6.45) is 0. The average Bonchev–Trinajstić information content (AvgIpc) is 3.74. The molecule has 0 saturated heterocycles. The van der Waals surface area contributed by atoms with Crippen molar-refractivity contribution in [1.29, 1.82) is 0 Å². The van der Waals surface area contributed by atoms with Gasteiger partial charge in [0.05, 0.1) is 26.0 Å². The maximum Gasteiger partial charge on any atom is 0.136 e. The molecule has 0 amide bonds. The SMILES string of the molecule is [2H]c1c([2H])c(-c2c3c([2H])c([2H])c([2H])c([2H])c3c(-c3cc(-c4ccccc4)cc4ccccc34)c3c([2H])c([2H])c([2H])c([2H])c23)c([2H])c(-c2c([2H])c([2H])c([2H])c3oc4c([2H])c([2H])c([2H])c([2H])c4c23)c1[2H]. The van der Waals surface area contributed by atoms with Crippen molar-refractivity contribution in [2.75, 3.05) is 0 Å². The van der Waals surface area contributed by atoms with Crippen LogP contribution in [0.4, 0.5) is 0 Å². The Morgan fingerprint density at radius 2 is 1.00 bits per heavy atom. The minimum absolute atomic E-state index is 0.0211. The Bertz CT molecular complexity index is 3870. The molecule has 49 heavy (non-hydrogen) atoms. The highest BCUT2D eigenvalue weighted by Crippen LogP contribution is 2.47. The summed E-state index contributed by atoms with van der Waals surface area (Å²) in [4.78, 5) is 0. The van der Waals surface area contributed by atoms with E-state index in [1.54, 1.807) is 24.3 Å². The third kappa shape index (κ3) is 4.40. The lowest BCUT2D eigenvalue weighted by molar-refractivity contribution is 0.669. The summed E-state index contributed by atoms with van der Waals surface area (Å²) in [5.74, 6) is 0. The van der Waals surface area contributed by atoms with E-state index in [-0.39, 0.29) is 27.1 Å². The van der Waals surface area contributed by atoms with E-state index in [1.165, 1.54) is 0 Å². The van der Waals surface area contributed by atoms with Gasteiger partial charge < -0.3 is 4.42 Å². The van der Waals surface area contributed by atoms with Gasteiger partial charge in [-0.15, -0.1) is 0 Å². The summed E-state index contributed by atoms with van der Waals surface area (Å²) >= 11 is 0. The van der Waals surface area contributed by atoms with Crippen LogP contribution >= 0.6 is 0 Å². The molecule has 0 spiro atoms. The topological polar surface area (TPSA) is 13.1 Å². The second-order valence-electron chi connectivity index (χ2n) is 11.4. The third-order valence-electron chi connectivity index (χ3n) is 8.69. The van der Waals surface area contributed by atoms with Crippen molar-refractivity contribution < 1.29 is 30.5 Å². The third-order valence-corrected chi connectivity index (χ3v) is 8.69. The molecule has 0 aliphatic rings. The Morgan fingerprint density at radius 3 is 1.78 bits per heavy atom. The fraction of sp³-hybridized carbons (Fsp3) is 0. The Kier molecular flexibility index (Phi) is 3.34. The number of hydrogen-bond donors (Lipinski definition) is 0. The van der Waals surface area contributed by atoms with Gasteiger partial charge in [0.25, 0.3) is 0 Å². The van der Waals surface area contributed by atoms with E-state index in [1.807, 2.05) is 42.5 Å². The predicted octanol–water partition coefficient (Wildman–Crippen LogP) is 13.7. The number of benzene rings is 9. The zero-order valence-electron chi connectivity index (χ0n) is 44.3. The molecule has 0 aliphatic carbocycles. The summed E-state index contributed by atoms with van der Waals surface area (Å²) in [6.45, 7) is 0. The molecule has 1 aromatic heterocycles. The highest BCUT2D eigenvalue weighted by Gasteiger charge is 2.20. The molecule has 9 aromatic carbocycles. The Labute approximate surface area is 311 Å². The molecule has 10 rings (SSSR count). The largest absolute Gasteiger partial charge is 0.456 e. The van der Waals surface area contributed by atoms with Gasteiger partial charge in [-0.2, -0.15) is 0 Å². The molecule has 228 valence electrons. The molecule has 0 fully saturated rings. The second-order valence-corrected chi connectivity index (χ2v) is 11.4. The lowest BCUT2D eigenvalue weighted by atomic mass is 9.83. The first kappa shape index (κ1) is 14.8. The fourth-order valence-electron chi connectivity index (χ4n) is 6.60. The number of rotatable bonds is 4. The molecule has 0 atom stereocenters. The van der Waals surface area contributed by atoms with Crippen LogP contribution in [0.25, 0.3) is 98.8 Å². The van der Waals surface area contributed by atoms with E-state index >= 15 is 0 Å². The molecule has 1 heterocycles. The zero-order valence-corrected chi connectivity index (χ0v) is 25.3. The molecule has 0 saturated carbocycles. The van der Waals surface area contributed by atoms with Crippen molar-refractivity contribution in [2.24, 2.45) is 0 Å². The number of fused-ring (bicyclic) bond motifs is 6. The summed E-state index contributed by atoms with van der Waals surface area (Å²) in [7, 11) is 0. The zero-order chi connectivity index (χ0) is 48.8. The van der Waals surface area contributed by atoms with E-state index in [4.69, 9.17) is 18.1 Å². The molecule has 0 aliphatic heterocycles. The van der Waals surface area contributed by atoms with Crippen molar-refractivity contribution in [3.05, 3.63) is 182 Å². The van der Waals surface area contributed by atoms with Gasteiger partial charge in [-0.05, 0) is 107 Å². The van der Waals surface area contributed by atoms with Crippen LogP contribution in [0.15, 0.2) is 186 Å². The Hall–Kier alpha value is -6.44. The van der Waals surface area contributed by atoms with Crippen molar-refractivity contribution >= 4 is 54.3 Å². The molecule has 1 nitrogen and oxygen atoms in total. The van der Waals surface area contributed by atoms with Crippen LogP contribution in [-0.2, 0) is 0 Å². The predicted molar refractivity (Wildman–Crippen MR) is 208 cm³/mol. The van der Waals surface area contributed by atoms with E-state index < -0.39 is 159 Å². The molecule has 0 N–H and O–H groups in total. The molecule has 1 heteroatoms. The second kappa shape index (κ2) is 11.1. The van der Waals surface area contributed by atoms with Crippen LogP contribution in [0, 0.1) is 0 Å². The Balaban J connectivity index is 1.48. The van der Waals surface area contributed by atoms with Crippen LogP contribution in [0.5, 0.6) is 0 Å². The molecule has 0 bridgehead atoms. The van der Waals surface area contributed by atoms with Gasteiger partial charge in [0.15, 0.2) is 0 Å². The van der Waals surface area contributed by atoms with Crippen molar-refractivity contribution in [3.63, 3.8) is 0 Å². The highest BCUT2D eigenvalue weighted by atomic mass is 16.3. The number of hydrogen-bond acceptors (Lipinski definition) is 1. The first-order valence-corrected chi connectivity index (χ1v) is 15.3. The van der Waals surface area contributed by atoms with Crippen molar-refractivity contribution in [1.82, 2.24) is 0 Å². The molecular weight excluding hydrogens is 593 g/mol. The maximum atomic E-state index is 9.99. The van der Waals surface area contributed by atoms with Gasteiger partial charge in [0, 0.05) is 10.8 Å². The summed E-state index contributed by atoms with van der Waals surface area (Å²) in [5.41, 5.74) is -1.60. The fourth-order valence-corrected chi connectivity index (χ4v) is 6.60. The van der Waals surface area contributed by atoms with Crippen molar-refractivity contribution in [2.45, 2.75) is 0 Å². The van der Waals surface area contributed by atoms with Crippen LogP contribution in [0.2, 0.25) is 0 Å². The smallest absolute Gasteiger partial charge is 0.136 e. The lowest BCUT2D eigenvalue weighted by Gasteiger charge is -2.20. The van der Waals surface area contributed by atoms with Gasteiger partial charge in [0.2, 0.25) is 0 Å². The van der Waals surface area contributed by atoms with E-state index in [0.717, 1.165) is 5.56 Å². The van der Waals surface area contributed by atoms with Crippen LogP contribution in [0.3, 0.4) is 0 Å². The highest BCUT2D eigenvalue weighted by molar-refractivity contribution is 6.24. The first-order chi connectivity index (χ1) is 32.2. The number of para-hydroxylation sites is 1. The monoisotopic (exact) mass is 641 g/mol. The molecule has 0 unspecified atom stereocenters. The quantitative estimate of drug-likeness (QED) is 0.174. The standard InChI is InChI=1S/C48H30O/c1-2-14-31(15-3-1)35-29-32-16-4-5-19-36(32)43(30-35)47-40-22-8-6-20-38(40)46(39-21-7-9-23-41(39)47)34-18-12-17-33(28-34)37-25-13-27-45-48(37)42-24-10-11-26-44(42)49-45/h1-30H/i6D,7D,8D,9D,10D,11D,12D,13D,17D,18D,20D,21D,22D,23D,24D,25D,26D,27D,28D. The first-order valence-electron chi connectivity index (χ1n) is 24.8. The minimum atomic E-state index is -0.914. The lowest BCUT2D eigenvalue weighted by Crippen LogP contribution is -1.93. The molecule has 10 aromatic rings. The Morgan fingerprint density at radius 1 is 0.388 bits per heavy atom. The van der Waals surface area contributed by atoms with Gasteiger partial charge in [0.1, 0.15) is 11.2 Å². The summed E-state index contributed by atoms with van der Waals surface area (Å²) in [5, 5.41) is -0.829. The average molecular weight is 642 g/mol. The van der Waals surface area contributed by atoms with Crippen LogP contribution < -0.4 is 0 Å². The van der Waals surface area contributed by atoms with E-state index in [2.05, 4.69) is 0 Å². The minimum Gasteiger partial charge on any atom is -0.456 e. The van der Waals surface area contributed by atoms with Gasteiger partial charge in [-0.25, -0.2) is 0 Å². The van der Waals surface area contributed by atoms with Crippen LogP contribution in [0.1, 0.15) is 26.0 Å². The van der Waals surface area contributed by atoms with Crippen LogP contribution in [-0.4, -0.2) is 0 Å². The normalized spacial score (nSPS) is 17.1. The molecular formula is C48H30O. The van der Waals surface area contributed by atoms with Gasteiger partial charge in [-0.1, -0.05) is 151 Å². The van der Waals surface area contributed by atoms with Crippen molar-refractivity contribution in [3.8, 4) is 44.5 Å². The maximum absolute atomic E-state index is 9.99. The van der Waals surface area contributed by atoms with Gasteiger partial charge >= 0.3 is 0 Å². The van der Waals surface area contributed by atoms with E-state index in [0.29, 0.717) is 21.9 Å². The van der Waals surface area contributed by atoms with Gasteiger partial charge in [-0.3, -0.25) is 0 Å². The summed E-state index contributed by atoms with van der Waals surface area (Å²) in [6, 6.07) is 5.69. The summed E-state index contributed by atoms with van der Waals surface area (Å²) < 4.78 is 179. The molecule has 0 radical (unpaired) electrons. The van der Waals surface area contributed by atoms with E-state index in [9.17, 15) is 12.3 Å².